The highest BCUT2D eigenvalue weighted by molar-refractivity contribution is 7.99. The van der Waals surface area contributed by atoms with Crippen molar-refractivity contribution in [2.45, 2.75) is 31.4 Å². The van der Waals surface area contributed by atoms with E-state index in [0.29, 0.717) is 5.25 Å². The molecule has 1 aromatic rings. The quantitative estimate of drug-likeness (QED) is 0.719. The fourth-order valence-electron chi connectivity index (χ4n) is 1.52. The van der Waals surface area contributed by atoms with E-state index in [4.69, 9.17) is 5.73 Å². The van der Waals surface area contributed by atoms with Crippen LogP contribution in [0, 0.1) is 0 Å². The van der Waals surface area contributed by atoms with E-state index < -0.39 is 0 Å². The van der Waals surface area contributed by atoms with Gasteiger partial charge in [-0.2, -0.15) is 11.8 Å². The second-order valence-electron chi connectivity index (χ2n) is 3.85. The Bertz CT molecular complexity index is 248. The van der Waals surface area contributed by atoms with Crippen molar-refractivity contribution >= 4 is 11.8 Å². The van der Waals surface area contributed by atoms with Crippen LogP contribution in [0.15, 0.2) is 30.3 Å². The number of aryl methyl sites for hydroxylation is 1. The predicted molar refractivity (Wildman–Crippen MR) is 70.4 cm³/mol. The predicted octanol–water partition coefficient (Wildman–Crippen LogP) is 3.09. The minimum Gasteiger partial charge on any atom is -0.330 e. The van der Waals surface area contributed by atoms with Gasteiger partial charge in [0.1, 0.15) is 0 Å². The average molecular weight is 223 g/mol. The lowest BCUT2D eigenvalue weighted by Crippen LogP contribution is -2.07. The molecule has 1 atom stereocenters. The molecule has 0 aliphatic rings. The van der Waals surface area contributed by atoms with Crippen molar-refractivity contribution in [3.63, 3.8) is 0 Å². The van der Waals surface area contributed by atoms with Crippen molar-refractivity contribution in [2.24, 2.45) is 5.73 Å². The fourth-order valence-corrected chi connectivity index (χ4v) is 2.54. The average Bonchev–Trinajstić information content (AvgIpc) is 2.26. The van der Waals surface area contributed by atoms with Crippen LogP contribution in [-0.4, -0.2) is 17.5 Å². The summed E-state index contributed by atoms with van der Waals surface area (Å²) in [5.41, 5.74) is 6.96. The largest absolute Gasteiger partial charge is 0.330 e. The summed E-state index contributed by atoms with van der Waals surface area (Å²) in [4.78, 5) is 0. The van der Waals surface area contributed by atoms with Crippen LogP contribution < -0.4 is 5.73 Å². The maximum Gasteiger partial charge on any atom is 0.00307 e. The van der Waals surface area contributed by atoms with Gasteiger partial charge in [0.15, 0.2) is 0 Å². The van der Waals surface area contributed by atoms with Gasteiger partial charge in [0.05, 0.1) is 0 Å². The molecule has 2 N–H and O–H groups in total. The van der Waals surface area contributed by atoms with Crippen molar-refractivity contribution < 1.29 is 0 Å². The molecule has 0 aromatic heterocycles. The number of benzene rings is 1. The lowest BCUT2D eigenvalue weighted by atomic mass is 10.1. The third-order valence-electron chi connectivity index (χ3n) is 2.43. The van der Waals surface area contributed by atoms with Crippen LogP contribution in [0.3, 0.4) is 0 Å². The summed E-state index contributed by atoms with van der Waals surface area (Å²) in [6.07, 6.45) is 3.60. The zero-order chi connectivity index (χ0) is 10.9. The minimum absolute atomic E-state index is 0.714. The zero-order valence-corrected chi connectivity index (χ0v) is 10.3. The van der Waals surface area contributed by atoms with E-state index in [1.54, 1.807) is 0 Å². The molecular formula is C13H21NS. The molecule has 1 rings (SSSR count). The molecule has 0 heterocycles. The molecule has 0 aliphatic carbocycles. The van der Waals surface area contributed by atoms with E-state index in [2.05, 4.69) is 37.3 Å². The topological polar surface area (TPSA) is 26.0 Å². The van der Waals surface area contributed by atoms with Crippen LogP contribution in [0.4, 0.5) is 0 Å². The van der Waals surface area contributed by atoms with Crippen molar-refractivity contribution in [2.75, 3.05) is 12.3 Å². The van der Waals surface area contributed by atoms with E-state index in [-0.39, 0.29) is 0 Å². The first-order valence-electron chi connectivity index (χ1n) is 5.68. The van der Waals surface area contributed by atoms with E-state index in [1.807, 2.05) is 11.8 Å². The maximum atomic E-state index is 5.51. The summed E-state index contributed by atoms with van der Waals surface area (Å²) in [6.45, 7) is 3.08. The molecule has 0 spiro atoms. The smallest absolute Gasteiger partial charge is 0.00307 e. The Balaban J connectivity index is 2.07. The molecule has 0 saturated carbocycles. The zero-order valence-electron chi connectivity index (χ0n) is 9.49. The normalized spacial score (nSPS) is 12.7. The Morgan fingerprint density at radius 2 is 2.00 bits per heavy atom. The van der Waals surface area contributed by atoms with Crippen molar-refractivity contribution in [3.8, 4) is 0 Å². The number of thioether (sulfide) groups is 1. The van der Waals surface area contributed by atoms with Gasteiger partial charge in [-0.3, -0.25) is 0 Å². The number of hydrogen-bond donors (Lipinski definition) is 1. The second kappa shape index (κ2) is 7.77. The van der Waals surface area contributed by atoms with Gasteiger partial charge in [-0.25, -0.2) is 0 Å². The molecule has 2 heteroatoms. The standard InChI is InChI=1S/C13H21NS/c1-12(9-10-14)15-11-5-8-13-6-3-2-4-7-13/h2-4,6-7,12H,5,8-11,14H2,1H3. The molecule has 0 saturated heterocycles. The van der Waals surface area contributed by atoms with Crippen LogP contribution in [0.5, 0.6) is 0 Å². The molecule has 15 heavy (non-hydrogen) atoms. The highest BCUT2D eigenvalue weighted by Crippen LogP contribution is 2.15. The highest BCUT2D eigenvalue weighted by atomic mass is 32.2. The van der Waals surface area contributed by atoms with Gasteiger partial charge < -0.3 is 5.73 Å². The number of hydrogen-bond acceptors (Lipinski definition) is 2. The second-order valence-corrected chi connectivity index (χ2v) is 5.39. The van der Waals surface area contributed by atoms with E-state index in [1.165, 1.54) is 24.2 Å². The first kappa shape index (κ1) is 12.6. The van der Waals surface area contributed by atoms with Gasteiger partial charge >= 0.3 is 0 Å². The first-order valence-corrected chi connectivity index (χ1v) is 6.73. The number of nitrogens with two attached hydrogens (primary N) is 1. The fraction of sp³-hybridized carbons (Fsp3) is 0.538. The lowest BCUT2D eigenvalue weighted by molar-refractivity contribution is 0.819. The van der Waals surface area contributed by atoms with Crippen LogP contribution in [0.25, 0.3) is 0 Å². The van der Waals surface area contributed by atoms with E-state index in [9.17, 15) is 0 Å². The molecule has 1 nitrogen and oxygen atoms in total. The summed E-state index contributed by atoms with van der Waals surface area (Å²) in [5, 5.41) is 0.714. The molecular weight excluding hydrogens is 202 g/mol. The van der Waals surface area contributed by atoms with Gasteiger partial charge in [0.25, 0.3) is 0 Å². The summed E-state index contributed by atoms with van der Waals surface area (Å²) in [5.74, 6) is 1.25. The molecule has 0 fully saturated rings. The van der Waals surface area contributed by atoms with Crippen molar-refractivity contribution in [1.29, 1.82) is 0 Å². The molecule has 0 bridgehead atoms. The van der Waals surface area contributed by atoms with Gasteiger partial charge in [-0.1, -0.05) is 37.3 Å². The minimum atomic E-state index is 0.714. The maximum absolute atomic E-state index is 5.51. The van der Waals surface area contributed by atoms with E-state index >= 15 is 0 Å². The summed E-state index contributed by atoms with van der Waals surface area (Å²) >= 11 is 2.04. The Labute approximate surface area is 97.4 Å². The van der Waals surface area contributed by atoms with Crippen LogP contribution in [0.1, 0.15) is 25.3 Å². The van der Waals surface area contributed by atoms with Gasteiger partial charge in [-0.05, 0) is 37.1 Å². The summed E-state index contributed by atoms with van der Waals surface area (Å²) < 4.78 is 0. The van der Waals surface area contributed by atoms with Gasteiger partial charge in [0.2, 0.25) is 0 Å². The Morgan fingerprint density at radius 3 is 2.67 bits per heavy atom. The monoisotopic (exact) mass is 223 g/mol. The van der Waals surface area contributed by atoms with Crippen LogP contribution >= 0.6 is 11.8 Å². The molecule has 84 valence electrons. The van der Waals surface area contributed by atoms with Crippen molar-refractivity contribution in [3.05, 3.63) is 35.9 Å². The van der Waals surface area contributed by atoms with Crippen LogP contribution in [-0.2, 0) is 6.42 Å². The van der Waals surface area contributed by atoms with Crippen molar-refractivity contribution in [1.82, 2.24) is 0 Å². The van der Waals surface area contributed by atoms with Gasteiger partial charge in [-0.15, -0.1) is 0 Å². The number of rotatable bonds is 7. The highest BCUT2D eigenvalue weighted by Gasteiger charge is 2.00. The molecule has 0 radical (unpaired) electrons. The molecule has 1 aromatic carbocycles. The summed E-state index contributed by atoms with van der Waals surface area (Å²) in [7, 11) is 0. The van der Waals surface area contributed by atoms with Gasteiger partial charge in [0, 0.05) is 5.25 Å². The first-order chi connectivity index (χ1) is 7.33. The third kappa shape index (κ3) is 5.85. The Kier molecular flexibility index (Phi) is 6.53. The Hall–Kier alpha value is -0.470. The Morgan fingerprint density at radius 1 is 1.27 bits per heavy atom. The van der Waals surface area contributed by atoms with Crippen LogP contribution in [0.2, 0.25) is 0 Å². The molecule has 1 unspecified atom stereocenters. The SMILES string of the molecule is CC(CCN)SCCCc1ccccc1. The third-order valence-corrected chi connectivity index (χ3v) is 3.76. The van der Waals surface area contributed by atoms with E-state index in [0.717, 1.165) is 13.0 Å². The molecule has 0 aliphatic heterocycles. The lowest BCUT2D eigenvalue weighted by Gasteiger charge is -2.09. The molecule has 0 amide bonds. The summed E-state index contributed by atoms with van der Waals surface area (Å²) in [6, 6.07) is 10.7.